The number of piperidine rings is 1. The molecule has 0 aromatic rings. The first-order valence-corrected chi connectivity index (χ1v) is 12.3. The molecule has 0 aromatic heterocycles. The second-order valence-corrected chi connectivity index (χ2v) is 11.6. The Morgan fingerprint density at radius 1 is 1.28 bits per heavy atom. The van der Waals surface area contributed by atoms with Crippen molar-refractivity contribution in [3.63, 3.8) is 0 Å². The topological polar surface area (TPSA) is 134 Å². The summed E-state index contributed by atoms with van der Waals surface area (Å²) >= 11 is 6.10. The highest BCUT2D eigenvalue weighted by atomic mass is 35.5. The number of ketones is 1. The Morgan fingerprint density at radius 2 is 1.92 bits per heavy atom. The number of rotatable bonds is 7. The van der Waals surface area contributed by atoms with E-state index in [2.05, 4.69) is 15.4 Å². The summed E-state index contributed by atoms with van der Waals surface area (Å²) in [6.45, 7) is 11.8. The first kappa shape index (κ1) is 29.6. The number of halogens is 1. The van der Waals surface area contributed by atoms with Gasteiger partial charge in [0.1, 0.15) is 6.04 Å². The van der Waals surface area contributed by atoms with E-state index >= 15 is 0 Å². The summed E-state index contributed by atoms with van der Waals surface area (Å²) in [6, 6.07) is -1.66. The molecule has 1 heterocycles. The van der Waals surface area contributed by atoms with Gasteiger partial charge in [-0.05, 0) is 43.1 Å². The number of aliphatic hydroxyl groups is 1. The molecule has 0 aromatic carbocycles. The van der Waals surface area contributed by atoms with Gasteiger partial charge in [0.05, 0.1) is 6.54 Å². The molecule has 0 radical (unpaired) electrons. The number of carbonyl (C=O) groups excluding carboxylic acids is 4. The number of hydrogen-bond acceptors (Lipinski definition) is 7. The fraction of sp³-hybridized carbons (Fsp3) is 0.680. The fourth-order valence-corrected chi connectivity index (χ4v) is 5.33. The highest BCUT2D eigenvalue weighted by Gasteiger charge is 2.51. The van der Waals surface area contributed by atoms with E-state index in [-0.39, 0.29) is 30.1 Å². The van der Waals surface area contributed by atoms with E-state index in [1.54, 1.807) is 13.8 Å². The maximum absolute atomic E-state index is 13.5. The van der Waals surface area contributed by atoms with Gasteiger partial charge in [0.2, 0.25) is 5.91 Å². The highest BCUT2D eigenvalue weighted by molar-refractivity contribution is 6.31. The summed E-state index contributed by atoms with van der Waals surface area (Å²) in [5.74, 6) is -1.00. The van der Waals surface area contributed by atoms with Crippen molar-refractivity contribution >= 4 is 35.5 Å². The molecule has 1 aliphatic carbocycles. The maximum Gasteiger partial charge on any atom is 0.512 e. The van der Waals surface area contributed by atoms with Crippen molar-refractivity contribution in [3.8, 4) is 0 Å². The Morgan fingerprint density at radius 3 is 2.42 bits per heavy atom. The van der Waals surface area contributed by atoms with Crippen molar-refractivity contribution in [2.45, 2.75) is 66.7 Å². The van der Waals surface area contributed by atoms with Gasteiger partial charge < -0.3 is 30.1 Å². The number of likely N-dealkylation sites (tertiary alicyclic amines) is 1. The number of ether oxygens (including phenoxy) is 2. The lowest BCUT2D eigenvalue weighted by atomic mass is 9.58. The van der Waals surface area contributed by atoms with E-state index in [0.29, 0.717) is 18.0 Å². The molecule has 0 spiro atoms. The lowest BCUT2D eigenvalue weighted by Gasteiger charge is -2.50. The van der Waals surface area contributed by atoms with Gasteiger partial charge in [-0.3, -0.25) is 9.59 Å². The number of allylic oxidation sites excluding steroid dienone is 4. The molecule has 2 rings (SSSR count). The van der Waals surface area contributed by atoms with Crippen LogP contribution in [0, 0.1) is 22.7 Å². The zero-order valence-corrected chi connectivity index (χ0v) is 22.8. The van der Waals surface area contributed by atoms with Crippen molar-refractivity contribution in [2.24, 2.45) is 22.7 Å². The normalized spacial score (nSPS) is 24.6. The summed E-state index contributed by atoms with van der Waals surface area (Å²) in [7, 11) is 0. The fourth-order valence-electron chi connectivity index (χ4n) is 5.19. The highest BCUT2D eigenvalue weighted by Crippen LogP contribution is 2.49. The van der Waals surface area contributed by atoms with Gasteiger partial charge in [-0.2, -0.15) is 0 Å². The third-order valence-electron chi connectivity index (χ3n) is 6.53. The van der Waals surface area contributed by atoms with Crippen LogP contribution in [0.3, 0.4) is 0 Å². The minimum absolute atomic E-state index is 0.0398. The summed E-state index contributed by atoms with van der Waals surface area (Å²) in [6.07, 6.45) is 5.19. The Hall–Kier alpha value is -2.59. The maximum atomic E-state index is 13.5. The van der Waals surface area contributed by atoms with Crippen molar-refractivity contribution in [1.29, 1.82) is 0 Å². The third-order valence-corrected chi connectivity index (χ3v) is 6.81. The number of aliphatic hydroxyl groups excluding tert-OH is 1. The number of Topliss-reactive ketones (excluding diaryl/α,β-unsaturated/α-hetero) is 1. The first-order valence-electron chi connectivity index (χ1n) is 11.9. The zero-order chi connectivity index (χ0) is 27.5. The van der Waals surface area contributed by atoms with E-state index in [1.807, 2.05) is 39.0 Å². The molecule has 3 amide bonds. The molecule has 3 atom stereocenters. The second-order valence-electron chi connectivity index (χ2n) is 11.2. The summed E-state index contributed by atoms with van der Waals surface area (Å²) in [5, 5.41) is 14.4. The molecule has 3 N–H and O–H groups in total. The molecule has 36 heavy (non-hydrogen) atoms. The molecule has 202 valence electrons. The van der Waals surface area contributed by atoms with E-state index in [4.69, 9.17) is 21.4 Å². The quantitative estimate of drug-likeness (QED) is 0.341. The summed E-state index contributed by atoms with van der Waals surface area (Å²) in [4.78, 5) is 52.5. The summed E-state index contributed by atoms with van der Waals surface area (Å²) in [5.41, 5.74) is -2.40. The van der Waals surface area contributed by atoms with Gasteiger partial charge in [0.25, 0.3) is 0 Å². The second kappa shape index (κ2) is 11.2. The summed E-state index contributed by atoms with van der Waals surface area (Å²) < 4.78 is 9.25. The van der Waals surface area contributed by atoms with Crippen LogP contribution in [-0.2, 0) is 19.1 Å². The monoisotopic (exact) mass is 527 g/mol. The molecule has 3 unspecified atom stereocenters. The number of hydrogen-bond donors (Lipinski definition) is 3. The molecule has 2 aliphatic rings. The average molecular weight is 528 g/mol. The standard InChI is InChI=1S/C25H38ClN3O7/c1-15(2)18(27-21(33)28-24(5,6)36-22(34)35-14-30)20(32)29-12-17(31)19(23(3,4)13-29)25(7)10-8-16(26)9-11-25/h8-10,15,18-19,30H,11-14H2,1-7H3,(H2,27,28,33). The van der Waals surface area contributed by atoms with Gasteiger partial charge >= 0.3 is 12.2 Å². The largest absolute Gasteiger partial charge is 0.512 e. The van der Waals surface area contributed by atoms with E-state index in [0.717, 1.165) is 0 Å². The predicted molar refractivity (Wildman–Crippen MR) is 134 cm³/mol. The van der Waals surface area contributed by atoms with Crippen LogP contribution in [0.15, 0.2) is 23.3 Å². The van der Waals surface area contributed by atoms with Crippen molar-refractivity contribution in [3.05, 3.63) is 23.3 Å². The Balaban J connectivity index is 2.12. The molecule has 1 aliphatic heterocycles. The van der Waals surface area contributed by atoms with Crippen molar-refractivity contribution in [1.82, 2.24) is 15.5 Å². The Bertz CT molecular complexity index is 944. The van der Waals surface area contributed by atoms with Gasteiger partial charge in [-0.1, -0.05) is 58.4 Å². The molecule has 10 nitrogen and oxygen atoms in total. The smallest absolute Gasteiger partial charge is 0.408 e. The number of amides is 3. The zero-order valence-electron chi connectivity index (χ0n) is 22.0. The van der Waals surface area contributed by atoms with Gasteiger partial charge in [-0.15, -0.1) is 0 Å². The van der Waals surface area contributed by atoms with E-state index in [1.165, 1.54) is 18.7 Å². The Labute approximate surface area is 217 Å². The number of urea groups is 1. The number of nitrogens with zero attached hydrogens (tertiary/aromatic N) is 1. The van der Waals surface area contributed by atoms with Crippen LogP contribution in [0.25, 0.3) is 0 Å². The number of carbonyl (C=O) groups is 4. The van der Waals surface area contributed by atoms with Gasteiger partial charge in [0.15, 0.2) is 18.3 Å². The average Bonchev–Trinajstić information content (AvgIpc) is 2.71. The van der Waals surface area contributed by atoms with E-state index < -0.39 is 41.6 Å². The van der Waals surface area contributed by atoms with Crippen LogP contribution in [0.2, 0.25) is 0 Å². The van der Waals surface area contributed by atoms with Gasteiger partial charge in [-0.25, -0.2) is 9.59 Å². The molecule has 1 saturated heterocycles. The third kappa shape index (κ3) is 7.22. The molecule has 0 bridgehead atoms. The minimum atomic E-state index is -1.47. The molecular weight excluding hydrogens is 490 g/mol. The van der Waals surface area contributed by atoms with Crippen LogP contribution >= 0.6 is 11.6 Å². The molecule has 0 saturated carbocycles. The first-order chi connectivity index (χ1) is 16.5. The van der Waals surface area contributed by atoms with Crippen LogP contribution in [-0.4, -0.2) is 65.5 Å². The lowest BCUT2D eigenvalue weighted by molar-refractivity contribution is -0.151. The van der Waals surface area contributed by atoms with Crippen LogP contribution in [0.4, 0.5) is 9.59 Å². The lowest BCUT2D eigenvalue weighted by Crippen LogP contribution is -2.62. The van der Waals surface area contributed by atoms with Crippen LogP contribution < -0.4 is 10.6 Å². The SMILES string of the molecule is CC(C)C(NC(=O)NC(C)(C)OC(=O)OCO)C(=O)N1CC(=O)C(C2(C)C=CC(Cl)=CC2)C(C)(C)C1. The van der Waals surface area contributed by atoms with Crippen LogP contribution in [0.1, 0.15) is 54.9 Å². The predicted octanol–water partition coefficient (Wildman–Crippen LogP) is 3.29. The van der Waals surface area contributed by atoms with Crippen molar-refractivity contribution < 1.29 is 33.8 Å². The molecule has 11 heteroatoms. The minimum Gasteiger partial charge on any atom is -0.408 e. The molecular formula is C25H38ClN3O7. The van der Waals surface area contributed by atoms with Crippen molar-refractivity contribution in [2.75, 3.05) is 19.9 Å². The van der Waals surface area contributed by atoms with Gasteiger partial charge in [0, 0.05) is 17.5 Å². The van der Waals surface area contributed by atoms with Crippen LogP contribution in [0.5, 0.6) is 0 Å². The Kier molecular flexibility index (Phi) is 9.23. The number of nitrogens with one attached hydrogen (secondary N) is 2. The van der Waals surface area contributed by atoms with E-state index in [9.17, 15) is 19.2 Å². The molecule has 1 fully saturated rings.